The average Bonchev–Trinajstić information content (AvgIpc) is 3.92. The Hall–Kier alpha value is -8.27. The quantitative estimate of drug-likeness (QED) is 0.180. The molecule has 0 atom stereocenters. The second-order valence-corrected chi connectivity index (χ2v) is 15.7. The second kappa shape index (κ2) is 12.1. The van der Waals surface area contributed by atoms with E-state index < -0.39 is 5.41 Å². The monoisotopic (exact) mass is 765 g/mol. The molecule has 7 aromatic carbocycles. The minimum absolute atomic E-state index is 0.630. The first-order chi connectivity index (χ1) is 29.7. The molecule has 0 saturated carbocycles. The number of benzene rings is 7. The van der Waals surface area contributed by atoms with Crippen LogP contribution in [-0.4, -0.2) is 19.1 Å². The van der Waals surface area contributed by atoms with Crippen molar-refractivity contribution < 1.29 is 4.74 Å². The fourth-order valence-corrected chi connectivity index (χ4v) is 10.2. The highest BCUT2D eigenvalue weighted by molar-refractivity contribution is 6.11. The number of pyridine rings is 2. The smallest absolute Gasteiger partial charge is 0.132 e. The molecule has 6 heteroatoms. The van der Waals surface area contributed by atoms with E-state index in [1.807, 2.05) is 42.7 Å². The van der Waals surface area contributed by atoms with Crippen LogP contribution in [0.5, 0.6) is 11.5 Å². The highest BCUT2D eigenvalue weighted by Crippen LogP contribution is 2.62. The zero-order valence-electron chi connectivity index (χ0n) is 32.0. The van der Waals surface area contributed by atoms with Crippen LogP contribution in [0.15, 0.2) is 188 Å². The zero-order valence-corrected chi connectivity index (χ0v) is 32.0. The van der Waals surface area contributed by atoms with Crippen LogP contribution in [0.4, 0.5) is 0 Å². The van der Waals surface area contributed by atoms with Crippen molar-refractivity contribution >= 4 is 43.6 Å². The summed E-state index contributed by atoms with van der Waals surface area (Å²) in [7, 11) is 0. The number of ether oxygens (including phenoxy) is 1. The number of rotatable bonds is 3. The average molecular weight is 766 g/mol. The highest BCUT2D eigenvalue weighted by Gasteiger charge is 2.52. The first kappa shape index (κ1) is 32.8. The lowest BCUT2D eigenvalue weighted by Crippen LogP contribution is -2.32. The van der Waals surface area contributed by atoms with Gasteiger partial charge in [-0.15, -0.1) is 0 Å². The van der Waals surface area contributed by atoms with E-state index in [1.54, 1.807) is 0 Å². The molecular weight excluding hydrogens is 735 g/mol. The molecule has 6 nitrogen and oxygen atoms in total. The Labute approximate surface area is 344 Å². The molecule has 4 aromatic heterocycles. The number of aromatic nitrogens is 4. The van der Waals surface area contributed by atoms with Crippen molar-refractivity contribution in [3.05, 3.63) is 216 Å². The molecule has 0 fully saturated rings. The van der Waals surface area contributed by atoms with Crippen LogP contribution in [0.3, 0.4) is 0 Å². The number of fused-ring (bicyclic) bond motifs is 15. The highest BCUT2D eigenvalue weighted by atomic mass is 16.5. The van der Waals surface area contributed by atoms with Gasteiger partial charge in [-0.3, -0.25) is 9.97 Å². The molecule has 0 amide bonds. The van der Waals surface area contributed by atoms with Gasteiger partial charge in [-0.25, -0.2) is 0 Å². The summed E-state index contributed by atoms with van der Waals surface area (Å²) in [6, 6.07) is 64.1. The van der Waals surface area contributed by atoms with Crippen LogP contribution in [0.1, 0.15) is 27.8 Å². The molecular formula is C54H31N5O. The van der Waals surface area contributed by atoms with Gasteiger partial charge in [0.1, 0.15) is 11.5 Å². The predicted molar refractivity (Wildman–Crippen MR) is 238 cm³/mol. The third-order valence-electron chi connectivity index (χ3n) is 12.7. The van der Waals surface area contributed by atoms with E-state index in [9.17, 15) is 5.26 Å². The van der Waals surface area contributed by atoms with Crippen molar-refractivity contribution in [1.29, 1.82) is 5.26 Å². The molecule has 1 aliphatic carbocycles. The lowest BCUT2D eigenvalue weighted by molar-refractivity contribution is 0.436. The summed E-state index contributed by atoms with van der Waals surface area (Å²) in [4.78, 5) is 10.7. The van der Waals surface area contributed by atoms with Gasteiger partial charge in [0, 0.05) is 61.2 Å². The standard InChI is InChI=1S/C54H31N5O/c55-30-33-22-24-48-40(26-33)38-14-4-9-19-47(38)59(48)37-29-45-53(57-32-37)52-44(54(45)42-16-6-10-20-50(42)60-51-21-11-7-17-43(51)54)28-35(31-56-52)34-23-25-49-41(27-34)39-15-5-8-18-46(39)58(49)36-12-2-1-3-13-36/h1-29,31-32H. The molecule has 1 aliphatic heterocycles. The van der Waals surface area contributed by atoms with Gasteiger partial charge in [-0.05, 0) is 84.4 Å². The van der Waals surface area contributed by atoms with Crippen molar-refractivity contribution in [2.45, 2.75) is 5.41 Å². The maximum atomic E-state index is 9.83. The van der Waals surface area contributed by atoms with E-state index >= 15 is 0 Å². The summed E-state index contributed by atoms with van der Waals surface area (Å²) in [5.41, 5.74) is 14.3. The van der Waals surface area contributed by atoms with Crippen molar-refractivity contribution in [1.82, 2.24) is 19.1 Å². The fraction of sp³-hybridized carbons (Fsp3) is 0.0185. The molecule has 278 valence electrons. The van der Waals surface area contributed by atoms with E-state index in [0.717, 1.165) is 95.0 Å². The number of nitrogens with zero attached hydrogens (tertiary/aromatic N) is 5. The maximum Gasteiger partial charge on any atom is 0.132 e. The van der Waals surface area contributed by atoms with Gasteiger partial charge in [0.25, 0.3) is 0 Å². The maximum absolute atomic E-state index is 9.83. The van der Waals surface area contributed by atoms with Crippen LogP contribution in [-0.2, 0) is 5.41 Å². The molecule has 5 heterocycles. The topological polar surface area (TPSA) is 68.7 Å². The molecule has 11 aromatic rings. The largest absolute Gasteiger partial charge is 0.457 e. The fourth-order valence-electron chi connectivity index (χ4n) is 10.2. The van der Waals surface area contributed by atoms with Crippen molar-refractivity contribution in [2.75, 3.05) is 0 Å². The molecule has 0 N–H and O–H groups in total. The van der Waals surface area contributed by atoms with Crippen LogP contribution >= 0.6 is 0 Å². The van der Waals surface area contributed by atoms with E-state index in [2.05, 4.69) is 161 Å². The van der Waals surface area contributed by atoms with Crippen LogP contribution in [0, 0.1) is 11.3 Å². The third-order valence-corrected chi connectivity index (χ3v) is 12.7. The Kier molecular flexibility index (Phi) is 6.62. The number of hydrogen-bond acceptors (Lipinski definition) is 4. The van der Waals surface area contributed by atoms with Crippen LogP contribution < -0.4 is 4.74 Å². The van der Waals surface area contributed by atoms with Gasteiger partial charge in [0.15, 0.2) is 0 Å². The van der Waals surface area contributed by atoms with Crippen molar-refractivity contribution in [2.24, 2.45) is 0 Å². The minimum Gasteiger partial charge on any atom is -0.457 e. The first-order valence-corrected chi connectivity index (χ1v) is 20.1. The SMILES string of the molecule is N#Cc1ccc2c(c1)c1ccccc1n2-c1cnc2c(c1)C1(c3ccccc3Oc3ccccc31)c1cc(-c3ccc4c(c3)c3ccccc3n4-c3ccccc3)cnc1-2. The Balaban J connectivity index is 1.08. The Morgan fingerprint density at radius 1 is 0.433 bits per heavy atom. The molecule has 60 heavy (non-hydrogen) atoms. The summed E-state index contributed by atoms with van der Waals surface area (Å²) in [6.07, 6.45) is 3.97. The lowest BCUT2D eigenvalue weighted by atomic mass is 9.66. The summed E-state index contributed by atoms with van der Waals surface area (Å²) in [5, 5.41) is 14.3. The van der Waals surface area contributed by atoms with Gasteiger partial charge >= 0.3 is 0 Å². The molecule has 2 aliphatic rings. The Morgan fingerprint density at radius 2 is 0.983 bits per heavy atom. The lowest BCUT2D eigenvalue weighted by Gasteiger charge is -2.39. The van der Waals surface area contributed by atoms with Gasteiger partial charge in [-0.1, -0.05) is 97.1 Å². The van der Waals surface area contributed by atoms with Crippen LogP contribution in [0.2, 0.25) is 0 Å². The van der Waals surface area contributed by atoms with Crippen molar-refractivity contribution in [3.63, 3.8) is 0 Å². The first-order valence-electron chi connectivity index (χ1n) is 20.1. The summed E-state index contributed by atoms with van der Waals surface area (Å²) < 4.78 is 11.3. The van der Waals surface area contributed by atoms with Gasteiger partial charge in [0.2, 0.25) is 0 Å². The summed E-state index contributed by atoms with van der Waals surface area (Å²) >= 11 is 0. The molecule has 0 radical (unpaired) electrons. The Morgan fingerprint density at radius 3 is 1.68 bits per heavy atom. The molecule has 0 unspecified atom stereocenters. The summed E-state index contributed by atoms with van der Waals surface area (Å²) in [5.74, 6) is 1.61. The van der Waals surface area contributed by atoms with E-state index in [4.69, 9.17) is 14.7 Å². The minimum atomic E-state index is -0.789. The van der Waals surface area contributed by atoms with Gasteiger partial charge < -0.3 is 13.9 Å². The number of nitriles is 1. The van der Waals surface area contributed by atoms with Crippen LogP contribution in [0.25, 0.3) is 77.5 Å². The molecule has 13 rings (SSSR count). The number of hydrogen-bond donors (Lipinski definition) is 0. The Bertz CT molecular complexity index is 3620. The second-order valence-electron chi connectivity index (χ2n) is 15.7. The zero-order chi connectivity index (χ0) is 39.5. The third kappa shape index (κ3) is 4.30. The predicted octanol–water partition coefficient (Wildman–Crippen LogP) is 12.7. The van der Waals surface area contributed by atoms with Gasteiger partial charge in [0.05, 0.1) is 62.4 Å². The van der Waals surface area contributed by atoms with E-state index in [-0.39, 0.29) is 0 Å². The normalized spacial score (nSPS) is 13.2. The van der Waals surface area contributed by atoms with E-state index in [0.29, 0.717) is 5.56 Å². The molecule has 0 bridgehead atoms. The van der Waals surface area contributed by atoms with Gasteiger partial charge in [-0.2, -0.15) is 5.26 Å². The molecule has 1 spiro atoms. The van der Waals surface area contributed by atoms with E-state index in [1.165, 1.54) is 16.3 Å². The number of para-hydroxylation sites is 5. The molecule has 0 saturated heterocycles. The van der Waals surface area contributed by atoms with Crippen molar-refractivity contribution in [3.8, 4) is 51.5 Å². The summed E-state index contributed by atoms with van der Waals surface area (Å²) in [6.45, 7) is 0.